The zero-order chi connectivity index (χ0) is 15.2. The summed E-state index contributed by atoms with van der Waals surface area (Å²) in [5.74, 6) is 1.21. The summed E-state index contributed by atoms with van der Waals surface area (Å²) in [5.41, 5.74) is 0.613. The number of nitrogens with zero attached hydrogens (tertiary/aromatic N) is 1. The van der Waals surface area contributed by atoms with E-state index in [0.717, 1.165) is 13.1 Å². The Bertz CT molecular complexity index is 487. The van der Waals surface area contributed by atoms with E-state index in [9.17, 15) is 4.79 Å². The molecule has 1 N–H and O–H groups in total. The average Bonchev–Trinajstić information content (AvgIpc) is 2.54. The van der Waals surface area contributed by atoms with E-state index in [-0.39, 0.29) is 11.9 Å². The van der Waals surface area contributed by atoms with Crippen molar-refractivity contribution in [2.75, 3.05) is 45.8 Å². The lowest BCUT2D eigenvalue weighted by Crippen LogP contribution is -2.47. The number of hydrogen-bond donors (Lipinski definition) is 1. The van der Waals surface area contributed by atoms with Crippen LogP contribution >= 0.6 is 0 Å². The minimum absolute atomic E-state index is 0.0662. The maximum Gasteiger partial charge on any atom is 0.241 e. The quantitative estimate of drug-likeness (QED) is 0.888. The van der Waals surface area contributed by atoms with Crippen LogP contribution in [0.25, 0.3) is 0 Å². The first-order valence-electron chi connectivity index (χ1n) is 7.00. The molecule has 1 aromatic carbocycles. The first-order valence-corrected chi connectivity index (χ1v) is 7.00. The number of anilines is 1. The first-order chi connectivity index (χ1) is 10.2. The van der Waals surface area contributed by atoms with Gasteiger partial charge in [0, 0.05) is 19.2 Å². The minimum Gasteiger partial charge on any atom is -0.497 e. The van der Waals surface area contributed by atoms with Crippen LogP contribution in [0.2, 0.25) is 0 Å². The number of ether oxygens (including phenoxy) is 3. The van der Waals surface area contributed by atoms with Gasteiger partial charge in [-0.05, 0) is 19.1 Å². The molecule has 0 aromatic heterocycles. The van der Waals surface area contributed by atoms with Crippen molar-refractivity contribution in [2.24, 2.45) is 0 Å². The molecule has 1 aromatic rings. The van der Waals surface area contributed by atoms with Crippen LogP contribution in [0.15, 0.2) is 18.2 Å². The molecule has 1 heterocycles. The van der Waals surface area contributed by atoms with E-state index in [0.29, 0.717) is 30.4 Å². The molecule has 1 aliphatic heterocycles. The predicted octanol–water partition coefficient (Wildman–Crippen LogP) is 1.36. The molecule has 6 heteroatoms. The normalized spacial score (nSPS) is 17.1. The van der Waals surface area contributed by atoms with Gasteiger partial charge in [0.1, 0.15) is 11.5 Å². The van der Waals surface area contributed by atoms with Crippen LogP contribution in [-0.2, 0) is 9.53 Å². The number of rotatable bonds is 5. The van der Waals surface area contributed by atoms with E-state index in [1.54, 1.807) is 32.4 Å². The zero-order valence-electron chi connectivity index (χ0n) is 12.7. The Morgan fingerprint density at radius 3 is 2.62 bits per heavy atom. The topological polar surface area (TPSA) is 60.0 Å². The third kappa shape index (κ3) is 3.86. The van der Waals surface area contributed by atoms with E-state index in [1.807, 2.05) is 6.92 Å². The van der Waals surface area contributed by atoms with Crippen molar-refractivity contribution in [3.05, 3.63) is 18.2 Å². The fraction of sp³-hybridized carbons (Fsp3) is 0.533. The molecule has 0 aliphatic carbocycles. The smallest absolute Gasteiger partial charge is 0.241 e. The molecular weight excluding hydrogens is 272 g/mol. The second-order valence-electron chi connectivity index (χ2n) is 4.88. The summed E-state index contributed by atoms with van der Waals surface area (Å²) in [6, 6.07) is 5.10. The SMILES string of the molecule is COc1ccc(OC)c(NC(=O)C(C)N2CCOCC2)c1. The molecule has 0 radical (unpaired) electrons. The van der Waals surface area contributed by atoms with Gasteiger partial charge in [0.05, 0.1) is 39.2 Å². The highest BCUT2D eigenvalue weighted by Crippen LogP contribution is 2.29. The third-order valence-electron chi connectivity index (χ3n) is 3.64. The van der Waals surface area contributed by atoms with E-state index < -0.39 is 0 Å². The average molecular weight is 294 g/mol. The largest absolute Gasteiger partial charge is 0.497 e. The highest BCUT2D eigenvalue weighted by molar-refractivity contribution is 5.96. The number of benzene rings is 1. The van der Waals surface area contributed by atoms with Crippen molar-refractivity contribution in [1.82, 2.24) is 4.90 Å². The maximum atomic E-state index is 12.4. The molecule has 6 nitrogen and oxygen atoms in total. The second-order valence-corrected chi connectivity index (χ2v) is 4.88. The number of nitrogens with one attached hydrogen (secondary N) is 1. The molecule has 21 heavy (non-hydrogen) atoms. The van der Waals surface area contributed by atoms with Gasteiger partial charge in [-0.2, -0.15) is 0 Å². The van der Waals surface area contributed by atoms with Crippen LogP contribution in [-0.4, -0.2) is 57.4 Å². The Morgan fingerprint density at radius 2 is 2.00 bits per heavy atom. The number of morpholine rings is 1. The molecule has 0 spiro atoms. The van der Waals surface area contributed by atoms with Crippen molar-refractivity contribution >= 4 is 11.6 Å². The minimum atomic E-state index is -0.218. The summed E-state index contributed by atoms with van der Waals surface area (Å²) in [7, 11) is 3.16. The number of carbonyl (C=O) groups excluding carboxylic acids is 1. The van der Waals surface area contributed by atoms with Crippen molar-refractivity contribution < 1.29 is 19.0 Å². The molecule has 2 rings (SSSR count). The van der Waals surface area contributed by atoms with Gasteiger partial charge in [-0.15, -0.1) is 0 Å². The van der Waals surface area contributed by atoms with Gasteiger partial charge in [-0.1, -0.05) is 0 Å². The van der Waals surface area contributed by atoms with Crippen molar-refractivity contribution in [2.45, 2.75) is 13.0 Å². The lowest BCUT2D eigenvalue weighted by atomic mass is 10.2. The van der Waals surface area contributed by atoms with E-state index in [1.165, 1.54) is 0 Å². The van der Waals surface area contributed by atoms with E-state index in [2.05, 4.69) is 10.2 Å². The first kappa shape index (κ1) is 15.6. The van der Waals surface area contributed by atoms with Crippen molar-refractivity contribution in [3.63, 3.8) is 0 Å². The summed E-state index contributed by atoms with van der Waals surface area (Å²) in [6.45, 7) is 4.77. The molecule has 0 bridgehead atoms. The summed E-state index contributed by atoms with van der Waals surface area (Å²) >= 11 is 0. The Labute approximate surface area is 125 Å². The van der Waals surface area contributed by atoms with Crippen LogP contribution in [0.1, 0.15) is 6.92 Å². The van der Waals surface area contributed by atoms with Gasteiger partial charge in [-0.3, -0.25) is 9.69 Å². The van der Waals surface area contributed by atoms with Crippen LogP contribution < -0.4 is 14.8 Å². The highest BCUT2D eigenvalue weighted by Gasteiger charge is 2.23. The Kier molecular flexibility index (Phi) is 5.41. The summed E-state index contributed by atoms with van der Waals surface area (Å²) < 4.78 is 15.8. The second kappa shape index (κ2) is 7.28. The summed E-state index contributed by atoms with van der Waals surface area (Å²) in [4.78, 5) is 14.5. The fourth-order valence-electron chi connectivity index (χ4n) is 2.28. The predicted molar refractivity (Wildman–Crippen MR) is 80.0 cm³/mol. The maximum absolute atomic E-state index is 12.4. The van der Waals surface area contributed by atoms with Gasteiger partial charge in [-0.25, -0.2) is 0 Å². The van der Waals surface area contributed by atoms with Crippen molar-refractivity contribution in [1.29, 1.82) is 0 Å². The number of amides is 1. The summed E-state index contributed by atoms with van der Waals surface area (Å²) in [5, 5.41) is 2.91. The van der Waals surface area contributed by atoms with Gasteiger partial charge >= 0.3 is 0 Å². The van der Waals surface area contributed by atoms with Crippen LogP contribution in [0.3, 0.4) is 0 Å². The van der Waals surface area contributed by atoms with Crippen LogP contribution in [0, 0.1) is 0 Å². The Balaban J connectivity index is 2.07. The van der Waals surface area contributed by atoms with Gasteiger partial charge in [0.2, 0.25) is 5.91 Å². The molecule has 1 saturated heterocycles. The molecule has 1 atom stereocenters. The van der Waals surface area contributed by atoms with Gasteiger partial charge in [0.25, 0.3) is 0 Å². The van der Waals surface area contributed by atoms with Gasteiger partial charge in [0.15, 0.2) is 0 Å². The summed E-state index contributed by atoms with van der Waals surface area (Å²) in [6.07, 6.45) is 0. The van der Waals surface area contributed by atoms with Crippen LogP contribution in [0.4, 0.5) is 5.69 Å². The van der Waals surface area contributed by atoms with E-state index in [4.69, 9.17) is 14.2 Å². The number of methoxy groups -OCH3 is 2. The van der Waals surface area contributed by atoms with Crippen molar-refractivity contribution in [3.8, 4) is 11.5 Å². The highest BCUT2D eigenvalue weighted by atomic mass is 16.5. The zero-order valence-corrected chi connectivity index (χ0v) is 12.7. The molecular formula is C15H22N2O4. The lowest BCUT2D eigenvalue weighted by Gasteiger charge is -2.31. The molecule has 1 fully saturated rings. The molecule has 1 amide bonds. The van der Waals surface area contributed by atoms with E-state index >= 15 is 0 Å². The molecule has 1 unspecified atom stereocenters. The fourth-order valence-corrected chi connectivity index (χ4v) is 2.28. The molecule has 116 valence electrons. The van der Waals surface area contributed by atoms with Crippen LogP contribution in [0.5, 0.6) is 11.5 Å². The number of carbonyl (C=O) groups is 1. The van der Waals surface area contributed by atoms with Gasteiger partial charge < -0.3 is 19.5 Å². The molecule has 1 aliphatic rings. The number of hydrogen-bond acceptors (Lipinski definition) is 5. The Hall–Kier alpha value is -1.79. The third-order valence-corrected chi connectivity index (χ3v) is 3.64. The lowest BCUT2D eigenvalue weighted by molar-refractivity contribution is -0.122. The molecule has 0 saturated carbocycles. The Morgan fingerprint density at radius 1 is 1.29 bits per heavy atom. The monoisotopic (exact) mass is 294 g/mol. The standard InChI is InChI=1S/C15H22N2O4/c1-11(17-6-8-21-9-7-17)15(18)16-13-10-12(19-2)4-5-14(13)20-3/h4-5,10-11H,6-9H2,1-3H3,(H,16,18).